The van der Waals surface area contributed by atoms with E-state index in [1.165, 1.54) is 0 Å². The summed E-state index contributed by atoms with van der Waals surface area (Å²) < 4.78 is 53.2. The minimum absolute atomic E-state index is 0.290. The smallest absolute Gasteiger partial charge is 0.246 e. The molecule has 0 amide bonds. The third kappa shape index (κ3) is 4.94. The number of hydrogen-bond donors (Lipinski definition) is 2. The molecule has 23 heavy (non-hydrogen) atoms. The second-order valence-electron chi connectivity index (χ2n) is 6.04. The van der Waals surface area contributed by atoms with Gasteiger partial charge in [-0.15, -0.1) is 0 Å². The topological polar surface area (TPSA) is 69.6 Å². The van der Waals surface area contributed by atoms with Crippen LogP contribution in [-0.4, -0.2) is 50.7 Å². The molecule has 0 aromatic heterocycles. The Bertz CT molecular complexity index is 611. The van der Waals surface area contributed by atoms with Gasteiger partial charge in [-0.2, -0.15) is 0 Å². The van der Waals surface area contributed by atoms with Gasteiger partial charge in [-0.3, -0.25) is 0 Å². The minimum atomic E-state index is -4.34. The first-order chi connectivity index (χ1) is 10.8. The number of nitrogens with zero attached hydrogens (tertiary/aromatic N) is 1. The van der Waals surface area contributed by atoms with Crippen LogP contribution in [0, 0.1) is 17.6 Å². The molecular formula is C15H22F2N2O3S. The van der Waals surface area contributed by atoms with Crippen molar-refractivity contribution in [3.8, 4) is 0 Å². The molecule has 0 saturated carbocycles. The Hall–Kier alpha value is -1.09. The van der Waals surface area contributed by atoms with Gasteiger partial charge in [-0.25, -0.2) is 21.9 Å². The van der Waals surface area contributed by atoms with Gasteiger partial charge in [0.05, 0.1) is 6.10 Å². The molecule has 130 valence electrons. The molecule has 1 atom stereocenters. The maximum atomic E-state index is 13.5. The van der Waals surface area contributed by atoms with Crippen molar-refractivity contribution in [2.45, 2.75) is 30.8 Å². The zero-order valence-corrected chi connectivity index (χ0v) is 13.8. The molecule has 2 N–H and O–H groups in total. The molecule has 0 spiro atoms. The highest BCUT2D eigenvalue weighted by Crippen LogP contribution is 2.18. The molecule has 1 aliphatic heterocycles. The van der Waals surface area contributed by atoms with Crippen LogP contribution in [0.4, 0.5) is 8.78 Å². The summed E-state index contributed by atoms with van der Waals surface area (Å²) in [7, 11) is -4.34. The Morgan fingerprint density at radius 1 is 1.30 bits per heavy atom. The first kappa shape index (κ1) is 18.3. The number of aliphatic hydroxyl groups is 1. The molecule has 2 rings (SSSR count). The molecule has 8 heteroatoms. The van der Waals surface area contributed by atoms with E-state index < -0.39 is 32.7 Å². The van der Waals surface area contributed by atoms with E-state index in [-0.39, 0.29) is 6.54 Å². The quantitative estimate of drug-likeness (QED) is 0.814. The van der Waals surface area contributed by atoms with Gasteiger partial charge in [0.15, 0.2) is 4.90 Å². The average Bonchev–Trinajstić information content (AvgIpc) is 2.47. The number of likely N-dealkylation sites (tertiary alicyclic amines) is 1. The molecular weight excluding hydrogens is 326 g/mol. The molecule has 5 nitrogen and oxygen atoms in total. The highest BCUT2D eigenvalue weighted by Gasteiger charge is 2.25. The summed E-state index contributed by atoms with van der Waals surface area (Å²) in [5.41, 5.74) is 0. The SMILES string of the molecule is CC1CCN(CC(O)CNS(=O)(=O)c2c(F)cccc2F)CC1. The summed E-state index contributed by atoms with van der Waals surface area (Å²) in [6, 6.07) is 2.85. The number of benzene rings is 1. The lowest BCUT2D eigenvalue weighted by atomic mass is 9.99. The molecule has 1 heterocycles. The van der Waals surface area contributed by atoms with Gasteiger partial charge in [0.1, 0.15) is 11.6 Å². The third-order valence-electron chi connectivity index (χ3n) is 4.04. The minimum Gasteiger partial charge on any atom is -0.390 e. The van der Waals surface area contributed by atoms with Gasteiger partial charge in [-0.05, 0) is 44.0 Å². The van der Waals surface area contributed by atoms with Crippen LogP contribution in [0.1, 0.15) is 19.8 Å². The van der Waals surface area contributed by atoms with E-state index >= 15 is 0 Å². The van der Waals surface area contributed by atoms with Crippen molar-refractivity contribution in [1.82, 2.24) is 9.62 Å². The normalized spacial score (nSPS) is 19.0. The molecule has 1 aliphatic rings. The van der Waals surface area contributed by atoms with Crippen LogP contribution in [0.5, 0.6) is 0 Å². The zero-order valence-electron chi connectivity index (χ0n) is 13.0. The summed E-state index contributed by atoms with van der Waals surface area (Å²) in [4.78, 5) is 1.04. The fourth-order valence-corrected chi connectivity index (χ4v) is 3.83. The van der Waals surface area contributed by atoms with Crippen LogP contribution in [0.3, 0.4) is 0 Å². The summed E-state index contributed by atoms with van der Waals surface area (Å²) >= 11 is 0. The lowest BCUT2D eigenvalue weighted by Crippen LogP contribution is -2.43. The van der Waals surface area contributed by atoms with Gasteiger partial charge in [0.2, 0.25) is 10.0 Å². The van der Waals surface area contributed by atoms with Gasteiger partial charge in [0, 0.05) is 13.1 Å². The van der Waals surface area contributed by atoms with E-state index in [1.54, 1.807) is 0 Å². The molecule has 1 aromatic carbocycles. The number of rotatable bonds is 6. The van der Waals surface area contributed by atoms with E-state index in [9.17, 15) is 22.3 Å². The van der Waals surface area contributed by atoms with Gasteiger partial charge in [0.25, 0.3) is 0 Å². The van der Waals surface area contributed by atoms with Crippen molar-refractivity contribution in [3.63, 3.8) is 0 Å². The van der Waals surface area contributed by atoms with Gasteiger partial charge >= 0.3 is 0 Å². The zero-order chi connectivity index (χ0) is 17.0. The number of hydrogen-bond acceptors (Lipinski definition) is 4. The van der Waals surface area contributed by atoms with Crippen LogP contribution in [-0.2, 0) is 10.0 Å². The van der Waals surface area contributed by atoms with Crippen molar-refractivity contribution >= 4 is 10.0 Å². The number of nitrogens with one attached hydrogen (secondary N) is 1. The molecule has 0 bridgehead atoms. The van der Waals surface area contributed by atoms with Crippen LogP contribution in [0.25, 0.3) is 0 Å². The molecule has 0 radical (unpaired) electrons. The number of β-amino-alcohol motifs (C(OH)–C–C–N with tert-alkyl or cyclic N) is 1. The second-order valence-corrected chi connectivity index (χ2v) is 7.74. The monoisotopic (exact) mass is 348 g/mol. The van der Waals surface area contributed by atoms with Crippen LogP contribution >= 0.6 is 0 Å². The summed E-state index contributed by atoms with van der Waals surface area (Å²) in [6.07, 6.45) is 1.14. The van der Waals surface area contributed by atoms with Crippen molar-refractivity contribution in [2.75, 3.05) is 26.2 Å². The second kappa shape index (κ2) is 7.65. The number of piperidine rings is 1. The van der Waals surface area contributed by atoms with E-state index in [1.807, 2.05) is 0 Å². The lowest BCUT2D eigenvalue weighted by molar-refractivity contribution is 0.0942. The Balaban J connectivity index is 1.91. The Labute approximate surface area is 135 Å². The maximum absolute atomic E-state index is 13.5. The largest absolute Gasteiger partial charge is 0.390 e. The standard InChI is InChI=1S/C15H22F2N2O3S/c1-11-5-7-19(8-6-11)10-12(20)9-18-23(21,22)15-13(16)3-2-4-14(15)17/h2-4,11-12,18,20H,5-10H2,1H3. The van der Waals surface area contributed by atoms with E-state index in [4.69, 9.17) is 0 Å². The fraction of sp³-hybridized carbons (Fsp3) is 0.600. The summed E-state index contributed by atoms with van der Waals surface area (Å²) in [5.74, 6) is -1.65. The number of aliphatic hydroxyl groups excluding tert-OH is 1. The van der Waals surface area contributed by atoms with Gasteiger partial charge < -0.3 is 10.0 Å². The van der Waals surface area contributed by atoms with E-state index in [2.05, 4.69) is 16.5 Å². The van der Waals surface area contributed by atoms with Crippen LogP contribution in [0.2, 0.25) is 0 Å². The van der Waals surface area contributed by atoms with Crippen LogP contribution in [0.15, 0.2) is 23.1 Å². The summed E-state index contributed by atoms with van der Waals surface area (Å²) in [6.45, 7) is 3.92. The van der Waals surface area contributed by atoms with Crippen molar-refractivity contribution in [3.05, 3.63) is 29.8 Å². The molecule has 1 fully saturated rings. The Morgan fingerprint density at radius 3 is 2.43 bits per heavy atom. The molecule has 1 unspecified atom stereocenters. The average molecular weight is 348 g/mol. The molecule has 1 saturated heterocycles. The highest BCUT2D eigenvalue weighted by molar-refractivity contribution is 7.89. The number of halogens is 2. The fourth-order valence-electron chi connectivity index (χ4n) is 2.62. The van der Waals surface area contributed by atoms with Crippen molar-refractivity contribution < 1.29 is 22.3 Å². The van der Waals surface area contributed by atoms with Crippen LogP contribution < -0.4 is 4.72 Å². The first-order valence-corrected chi connectivity index (χ1v) is 9.12. The lowest BCUT2D eigenvalue weighted by Gasteiger charge is -2.31. The number of sulfonamides is 1. The Kier molecular flexibility index (Phi) is 6.07. The maximum Gasteiger partial charge on any atom is 0.246 e. The van der Waals surface area contributed by atoms with Crippen molar-refractivity contribution in [2.24, 2.45) is 5.92 Å². The predicted molar refractivity (Wildman–Crippen MR) is 82.4 cm³/mol. The van der Waals surface area contributed by atoms with Crippen molar-refractivity contribution in [1.29, 1.82) is 0 Å². The predicted octanol–water partition coefficient (Wildman–Crippen LogP) is 1.34. The molecule has 1 aromatic rings. The van der Waals surface area contributed by atoms with Gasteiger partial charge in [-0.1, -0.05) is 13.0 Å². The Morgan fingerprint density at radius 2 is 1.87 bits per heavy atom. The summed E-state index contributed by atoms with van der Waals surface area (Å²) in [5, 5.41) is 9.96. The van der Waals surface area contributed by atoms with E-state index in [0.717, 1.165) is 44.1 Å². The van der Waals surface area contributed by atoms with E-state index in [0.29, 0.717) is 12.5 Å². The molecule has 0 aliphatic carbocycles. The third-order valence-corrected chi connectivity index (χ3v) is 5.52. The highest BCUT2D eigenvalue weighted by atomic mass is 32.2. The first-order valence-electron chi connectivity index (χ1n) is 7.63.